The Balaban J connectivity index is 2.90. The Kier molecular flexibility index (Phi) is 7.05. The summed E-state index contributed by atoms with van der Waals surface area (Å²) in [5.74, 6) is 0. The van der Waals surface area contributed by atoms with Crippen LogP contribution in [-0.2, 0) is 0 Å². The zero-order valence-electron chi connectivity index (χ0n) is 6.19. The summed E-state index contributed by atoms with van der Waals surface area (Å²) in [7, 11) is 0. The van der Waals surface area contributed by atoms with Crippen molar-refractivity contribution in [3.05, 3.63) is 24.8 Å². The van der Waals surface area contributed by atoms with Crippen LogP contribution in [0, 0.1) is 6.08 Å². The van der Waals surface area contributed by atoms with Gasteiger partial charge >= 0.3 is 0 Å². The van der Waals surface area contributed by atoms with Crippen molar-refractivity contribution in [3.63, 3.8) is 0 Å². The highest BCUT2D eigenvalue weighted by Gasteiger charge is 1.79. The quantitative estimate of drug-likeness (QED) is 0.389. The zero-order chi connectivity index (χ0) is 6.95. The Morgan fingerprint density at radius 2 is 2.22 bits per heavy atom. The predicted molar refractivity (Wildman–Crippen MR) is 42.2 cm³/mol. The highest BCUT2D eigenvalue weighted by Crippen LogP contribution is 1.98. The van der Waals surface area contributed by atoms with E-state index in [1.807, 2.05) is 6.08 Å². The van der Waals surface area contributed by atoms with E-state index in [9.17, 15) is 0 Å². The summed E-state index contributed by atoms with van der Waals surface area (Å²) < 4.78 is 0. The number of unbranched alkanes of at least 4 members (excludes halogenated alkanes) is 3. The second-order valence-electron chi connectivity index (χ2n) is 2.10. The van der Waals surface area contributed by atoms with Crippen LogP contribution in [0.25, 0.3) is 0 Å². The van der Waals surface area contributed by atoms with Crippen LogP contribution < -0.4 is 0 Å². The van der Waals surface area contributed by atoms with Crippen LogP contribution in [0.15, 0.2) is 18.7 Å². The van der Waals surface area contributed by atoms with Gasteiger partial charge in [-0.1, -0.05) is 38.5 Å². The molecule has 0 rings (SSSR count). The van der Waals surface area contributed by atoms with Gasteiger partial charge in [-0.15, -0.1) is 0 Å². The Bertz CT molecular complexity index is 80.0. The third-order valence-corrected chi connectivity index (χ3v) is 1.21. The Labute approximate surface area is 58.3 Å². The summed E-state index contributed by atoms with van der Waals surface area (Å²) in [5, 5.41) is 0. The van der Waals surface area contributed by atoms with Crippen molar-refractivity contribution in [1.82, 2.24) is 0 Å². The van der Waals surface area contributed by atoms with E-state index < -0.39 is 0 Å². The minimum atomic E-state index is 1.18. The molecule has 0 saturated heterocycles. The van der Waals surface area contributed by atoms with Crippen molar-refractivity contribution >= 4 is 0 Å². The molecule has 0 aliphatic rings. The molecule has 1 radical (unpaired) electrons. The van der Waals surface area contributed by atoms with Crippen molar-refractivity contribution < 1.29 is 0 Å². The molecule has 0 fully saturated rings. The number of hydrogen-bond donors (Lipinski definition) is 0. The molecule has 0 aliphatic carbocycles. The highest BCUT2D eigenvalue weighted by molar-refractivity contribution is 4.89. The van der Waals surface area contributed by atoms with Crippen LogP contribution in [0.4, 0.5) is 0 Å². The van der Waals surface area contributed by atoms with Gasteiger partial charge in [0.2, 0.25) is 0 Å². The lowest BCUT2D eigenvalue weighted by Crippen LogP contribution is -1.69. The van der Waals surface area contributed by atoms with E-state index in [0.29, 0.717) is 0 Å². The molecule has 0 aromatic rings. The van der Waals surface area contributed by atoms with E-state index >= 15 is 0 Å². The Morgan fingerprint density at radius 1 is 1.44 bits per heavy atom. The number of rotatable bonds is 5. The third-order valence-electron chi connectivity index (χ3n) is 1.21. The largest absolute Gasteiger partial charge is 0.0912 e. The van der Waals surface area contributed by atoms with E-state index in [2.05, 4.69) is 25.7 Å². The lowest BCUT2D eigenvalue weighted by molar-refractivity contribution is 0.729. The SMILES string of the molecule is C=[C]/C=C/CCCCC. The lowest BCUT2D eigenvalue weighted by atomic mass is 10.2. The molecule has 0 unspecified atom stereocenters. The fourth-order valence-electron chi connectivity index (χ4n) is 0.679. The van der Waals surface area contributed by atoms with Crippen molar-refractivity contribution in [3.8, 4) is 0 Å². The molecule has 0 aliphatic heterocycles. The van der Waals surface area contributed by atoms with E-state index in [4.69, 9.17) is 0 Å². The Morgan fingerprint density at radius 3 is 2.78 bits per heavy atom. The summed E-state index contributed by atoms with van der Waals surface area (Å²) >= 11 is 0. The van der Waals surface area contributed by atoms with E-state index in [1.54, 1.807) is 0 Å². The number of hydrogen-bond acceptors (Lipinski definition) is 0. The predicted octanol–water partition coefficient (Wildman–Crippen LogP) is 3.11. The molecule has 0 nitrogen and oxygen atoms in total. The van der Waals surface area contributed by atoms with Gasteiger partial charge < -0.3 is 0 Å². The molecule has 0 N–H and O–H groups in total. The van der Waals surface area contributed by atoms with Gasteiger partial charge in [0.25, 0.3) is 0 Å². The zero-order valence-corrected chi connectivity index (χ0v) is 6.19. The molecular formula is C9H15. The summed E-state index contributed by atoms with van der Waals surface area (Å²) in [6.45, 7) is 5.68. The van der Waals surface area contributed by atoms with E-state index in [-0.39, 0.29) is 0 Å². The standard InChI is InChI=1S/C9H15/c1-3-5-7-9-8-6-4-2/h5,7H,1,4,6,8-9H2,2H3/b7-5+. The van der Waals surface area contributed by atoms with Gasteiger partial charge in [0.05, 0.1) is 0 Å². The molecular weight excluding hydrogens is 108 g/mol. The fourth-order valence-corrected chi connectivity index (χ4v) is 0.679. The van der Waals surface area contributed by atoms with Gasteiger partial charge in [-0.2, -0.15) is 0 Å². The smallest absolute Gasteiger partial charge is 0.0265 e. The van der Waals surface area contributed by atoms with Crippen molar-refractivity contribution in [2.24, 2.45) is 0 Å². The highest BCUT2D eigenvalue weighted by atomic mass is 13.8. The first-order valence-electron chi connectivity index (χ1n) is 3.59. The Hall–Kier alpha value is -0.520. The van der Waals surface area contributed by atoms with Gasteiger partial charge in [-0.25, -0.2) is 0 Å². The molecule has 0 aromatic carbocycles. The molecule has 9 heavy (non-hydrogen) atoms. The molecule has 0 heterocycles. The van der Waals surface area contributed by atoms with Gasteiger partial charge in [0, 0.05) is 0 Å². The minimum Gasteiger partial charge on any atom is -0.0912 e. The summed E-state index contributed by atoms with van der Waals surface area (Å²) in [4.78, 5) is 0. The molecule has 0 spiro atoms. The average molecular weight is 123 g/mol. The lowest BCUT2D eigenvalue weighted by Gasteiger charge is -1.89. The van der Waals surface area contributed by atoms with Crippen LogP contribution in [0.1, 0.15) is 32.6 Å². The van der Waals surface area contributed by atoms with Gasteiger partial charge in [-0.05, 0) is 18.9 Å². The van der Waals surface area contributed by atoms with Crippen LogP contribution in [0.3, 0.4) is 0 Å². The van der Waals surface area contributed by atoms with Crippen LogP contribution in [-0.4, -0.2) is 0 Å². The molecule has 0 heteroatoms. The van der Waals surface area contributed by atoms with Gasteiger partial charge in [-0.3, -0.25) is 0 Å². The van der Waals surface area contributed by atoms with Crippen molar-refractivity contribution in [2.75, 3.05) is 0 Å². The van der Waals surface area contributed by atoms with Gasteiger partial charge in [0.15, 0.2) is 0 Å². The summed E-state index contributed by atoms with van der Waals surface area (Å²) in [6, 6.07) is 0. The van der Waals surface area contributed by atoms with Crippen LogP contribution in [0.2, 0.25) is 0 Å². The topological polar surface area (TPSA) is 0 Å². The fraction of sp³-hybridized carbons (Fsp3) is 0.556. The second-order valence-corrected chi connectivity index (χ2v) is 2.10. The molecule has 0 aromatic heterocycles. The molecule has 0 amide bonds. The first-order valence-corrected chi connectivity index (χ1v) is 3.59. The molecule has 51 valence electrons. The summed E-state index contributed by atoms with van der Waals surface area (Å²) in [6.07, 6.45) is 11.8. The van der Waals surface area contributed by atoms with Crippen molar-refractivity contribution in [2.45, 2.75) is 32.6 Å². The van der Waals surface area contributed by atoms with Crippen LogP contribution in [0.5, 0.6) is 0 Å². The monoisotopic (exact) mass is 123 g/mol. The average Bonchev–Trinajstić information content (AvgIpc) is 1.89. The van der Waals surface area contributed by atoms with Gasteiger partial charge in [0.1, 0.15) is 0 Å². The molecule has 0 bridgehead atoms. The first kappa shape index (κ1) is 8.48. The van der Waals surface area contributed by atoms with Crippen molar-refractivity contribution in [1.29, 1.82) is 0 Å². The summed E-state index contributed by atoms with van der Waals surface area (Å²) in [5.41, 5.74) is 0. The third kappa shape index (κ3) is 7.48. The second kappa shape index (κ2) is 7.48. The first-order chi connectivity index (χ1) is 4.41. The maximum absolute atomic E-state index is 3.47. The van der Waals surface area contributed by atoms with Crippen LogP contribution >= 0.6 is 0 Å². The molecule has 0 atom stereocenters. The van der Waals surface area contributed by atoms with E-state index in [1.165, 1.54) is 25.7 Å². The maximum Gasteiger partial charge on any atom is -0.0265 e. The minimum absolute atomic E-state index is 1.18. The number of allylic oxidation sites excluding steroid dienone is 3. The van der Waals surface area contributed by atoms with E-state index in [0.717, 1.165) is 0 Å². The molecule has 0 saturated carbocycles. The maximum atomic E-state index is 3.47. The normalized spacial score (nSPS) is 10.3.